The molecule has 0 radical (unpaired) electrons. The number of hydrogen-bond donors (Lipinski definition) is 0. The van der Waals surface area contributed by atoms with Crippen LogP contribution < -0.4 is 0 Å². The molecule has 1 heteroatoms. The summed E-state index contributed by atoms with van der Waals surface area (Å²) in [7, 11) is 0. The molecule has 5 atom stereocenters. The maximum atomic E-state index is 5.64. The van der Waals surface area contributed by atoms with E-state index in [0.717, 1.165) is 23.7 Å². The van der Waals surface area contributed by atoms with Crippen LogP contribution >= 0.6 is 0 Å². The lowest BCUT2D eigenvalue weighted by atomic mass is 9.81. The molecule has 13 heavy (non-hydrogen) atoms. The van der Waals surface area contributed by atoms with E-state index in [4.69, 9.17) is 4.74 Å². The molecular formula is C12H22O. The van der Waals surface area contributed by atoms with Gasteiger partial charge in [0.15, 0.2) is 0 Å². The molecule has 0 bridgehead atoms. The van der Waals surface area contributed by atoms with Crippen LogP contribution in [0, 0.1) is 23.7 Å². The van der Waals surface area contributed by atoms with Crippen LogP contribution in [0.2, 0.25) is 0 Å². The van der Waals surface area contributed by atoms with Gasteiger partial charge in [-0.1, -0.05) is 27.7 Å². The largest absolute Gasteiger partial charge is 0.369 e. The zero-order chi connectivity index (χ0) is 9.59. The van der Waals surface area contributed by atoms with Gasteiger partial charge in [-0.2, -0.15) is 0 Å². The Bertz CT molecular complexity index is 186. The molecule has 1 saturated carbocycles. The predicted octanol–water partition coefficient (Wildman–Crippen LogP) is 3.09. The molecule has 2 fully saturated rings. The van der Waals surface area contributed by atoms with Crippen molar-refractivity contribution in [3.8, 4) is 0 Å². The van der Waals surface area contributed by atoms with Gasteiger partial charge in [-0.15, -0.1) is 0 Å². The fraction of sp³-hybridized carbons (Fsp3) is 1.00. The molecule has 0 spiro atoms. The van der Waals surface area contributed by atoms with Crippen molar-refractivity contribution in [1.82, 2.24) is 0 Å². The van der Waals surface area contributed by atoms with Gasteiger partial charge in [-0.25, -0.2) is 0 Å². The lowest BCUT2D eigenvalue weighted by Gasteiger charge is -2.26. The van der Waals surface area contributed by atoms with Crippen LogP contribution in [0.4, 0.5) is 0 Å². The third-order valence-corrected chi connectivity index (χ3v) is 3.76. The molecular weight excluding hydrogens is 160 g/mol. The smallest absolute Gasteiger partial charge is 0.0875 e. The summed E-state index contributed by atoms with van der Waals surface area (Å²) in [6, 6.07) is 0. The van der Waals surface area contributed by atoms with E-state index >= 15 is 0 Å². The van der Waals surface area contributed by atoms with Crippen LogP contribution in [-0.2, 0) is 4.74 Å². The first kappa shape index (κ1) is 9.51. The summed E-state index contributed by atoms with van der Waals surface area (Å²) in [4.78, 5) is 0. The summed E-state index contributed by atoms with van der Waals surface area (Å²) in [6.07, 6.45) is 3.97. The summed E-state index contributed by atoms with van der Waals surface area (Å²) >= 11 is 0. The average Bonchev–Trinajstić information content (AvgIpc) is 2.60. The summed E-state index contributed by atoms with van der Waals surface area (Å²) in [6.45, 7) is 9.45. The fourth-order valence-corrected chi connectivity index (χ4v) is 3.32. The summed E-state index contributed by atoms with van der Waals surface area (Å²) in [5, 5.41) is 0. The maximum Gasteiger partial charge on any atom is 0.0875 e. The molecule has 1 aliphatic heterocycles. The Morgan fingerprint density at radius 2 is 2.00 bits per heavy atom. The third kappa shape index (κ3) is 1.76. The fourth-order valence-electron chi connectivity index (χ4n) is 3.32. The summed E-state index contributed by atoms with van der Waals surface area (Å²) < 4.78 is 5.64. The molecule has 76 valence electrons. The second-order valence-corrected chi connectivity index (χ2v) is 5.54. The first-order valence-electron chi connectivity index (χ1n) is 5.75. The Morgan fingerprint density at radius 1 is 1.31 bits per heavy atom. The van der Waals surface area contributed by atoms with Crippen molar-refractivity contribution in [3.05, 3.63) is 0 Å². The molecule has 1 nitrogen and oxygen atoms in total. The molecule has 0 aromatic carbocycles. The zero-order valence-electron chi connectivity index (χ0n) is 9.29. The van der Waals surface area contributed by atoms with Gasteiger partial charge in [0.1, 0.15) is 0 Å². The minimum absolute atomic E-state index is 0.642. The first-order chi connectivity index (χ1) is 6.09. The van der Waals surface area contributed by atoms with Gasteiger partial charge in [-0.3, -0.25) is 0 Å². The van der Waals surface area contributed by atoms with E-state index in [2.05, 4.69) is 27.7 Å². The number of rotatable bonds is 3. The second kappa shape index (κ2) is 3.27. The van der Waals surface area contributed by atoms with E-state index in [1.54, 1.807) is 0 Å². The van der Waals surface area contributed by atoms with Gasteiger partial charge >= 0.3 is 0 Å². The molecule has 1 heterocycles. The van der Waals surface area contributed by atoms with Crippen LogP contribution in [-0.4, -0.2) is 12.2 Å². The molecule has 0 amide bonds. The number of epoxide rings is 1. The van der Waals surface area contributed by atoms with Gasteiger partial charge in [-0.05, 0) is 36.5 Å². The monoisotopic (exact) mass is 182 g/mol. The van der Waals surface area contributed by atoms with Gasteiger partial charge in [0.25, 0.3) is 0 Å². The minimum Gasteiger partial charge on any atom is -0.369 e. The van der Waals surface area contributed by atoms with E-state index in [0.29, 0.717) is 12.2 Å². The van der Waals surface area contributed by atoms with E-state index in [1.165, 1.54) is 12.8 Å². The lowest BCUT2D eigenvalue weighted by molar-refractivity contribution is 0.152. The normalized spacial score (nSPS) is 45.0. The summed E-state index contributed by atoms with van der Waals surface area (Å²) in [5.74, 6) is 3.44. The third-order valence-electron chi connectivity index (χ3n) is 3.76. The average molecular weight is 182 g/mol. The Labute approximate surface area is 81.9 Å². The first-order valence-corrected chi connectivity index (χ1v) is 5.75. The van der Waals surface area contributed by atoms with Crippen molar-refractivity contribution >= 4 is 0 Å². The van der Waals surface area contributed by atoms with E-state index in [-0.39, 0.29) is 0 Å². The minimum atomic E-state index is 0.642. The van der Waals surface area contributed by atoms with E-state index in [1.807, 2.05) is 0 Å². The van der Waals surface area contributed by atoms with Crippen molar-refractivity contribution in [2.45, 2.75) is 52.7 Å². The van der Waals surface area contributed by atoms with Gasteiger partial charge in [0.05, 0.1) is 12.2 Å². The van der Waals surface area contributed by atoms with Crippen LogP contribution in [0.1, 0.15) is 40.5 Å². The molecule has 2 aliphatic rings. The van der Waals surface area contributed by atoms with Crippen molar-refractivity contribution in [3.63, 3.8) is 0 Å². The van der Waals surface area contributed by atoms with E-state index in [9.17, 15) is 0 Å². The number of ether oxygens (including phenoxy) is 1. The molecule has 0 aromatic heterocycles. The zero-order valence-corrected chi connectivity index (χ0v) is 9.29. The summed E-state index contributed by atoms with van der Waals surface area (Å²) in [5.41, 5.74) is 0. The second-order valence-electron chi connectivity index (χ2n) is 5.54. The highest BCUT2D eigenvalue weighted by atomic mass is 16.6. The van der Waals surface area contributed by atoms with Crippen molar-refractivity contribution in [2.75, 3.05) is 0 Å². The van der Waals surface area contributed by atoms with Gasteiger partial charge < -0.3 is 4.74 Å². The Hall–Kier alpha value is -0.0400. The standard InChI is InChI=1S/C12H22O/c1-7(2)5-8(3)11-9(4)6-10-12(11)13-10/h7-12H,5-6H2,1-4H3. The predicted molar refractivity (Wildman–Crippen MR) is 54.6 cm³/mol. The van der Waals surface area contributed by atoms with Gasteiger partial charge in [0, 0.05) is 0 Å². The highest BCUT2D eigenvalue weighted by molar-refractivity contribution is 5.02. The van der Waals surface area contributed by atoms with Crippen LogP contribution in [0.25, 0.3) is 0 Å². The molecule has 1 saturated heterocycles. The number of hydrogen-bond acceptors (Lipinski definition) is 1. The number of fused-ring (bicyclic) bond motifs is 1. The molecule has 0 N–H and O–H groups in total. The van der Waals surface area contributed by atoms with Gasteiger partial charge in [0.2, 0.25) is 0 Å². The Balaban J connectivity index is 1.91. The van der Waals surface area contributed by atoms with Crippen LogP contribution in [0.5, 0.6) is 0 Å². The Morgan fingerprint density at radius 3 is 2.46 bits per heavy atom. The molecule has 2 rings (SSSR count). The highest BCUT2D eigenvalue weighted by Crippen LogP contribution is 2.50. The molecule has 1 aliphatic carbocycles. The maximum absolute atomic E-state index is 5.64. The quantitative estimate of drug-likeness (QED) is 0.611. The SMILES string of the molecule is CC(C)CC(C)C1C(C)CC2OC21. The van der Waals surface area contributed by atoms with Crippen LogP contribution in [0.15, 0.2) is 0 Å². The van der Waals surface area contributed by atoms with Crippen molar-refractivity contribution in [2.24, 2.45) is 23.7 Å². The highest BCUT2D eigenvalue weighted by Gasteiger charge is 2.55. The molecule has 0 aromatic rings. The van der Waals surface area contributed by atoms with Crippen molar-refractivity contribution in [1.29, 1.82) is 0 Å². The molecule has 5 unspecified atom stereocenters. The van der Waals surface area contributed by atoms with Crippen LogP contribution in [0.3, 0.4) is 0 Å². The van der Waals surface area contributed by atoms with E-state index < -0.39 is 0 Å². The topological polar surface area (TPSA) is 12.5 Å². The van der Waals surface area contributed by atoms with Crippen molar-refractivity contribution < 1.29 is 4.74 Å². The lowest BCUT2D eigenvalue weighted by Crippen LogP contribution is -2.22. The Kier molecular flexibility index (Phi) is 2.39.